The fraction of sp³-hybridized carbons (Fsp3) is 0. The Morgan fingerprint density at radius 3 is 1.39 bits per heavy atom. The summed E-state index contributed by atoms with van der Waals surface area (Å²) in [4.78, 5) is 24.2. The second-order valence-electron chi connectivity index (χ2n) is 13.8. The van der Waals surface area contributed by atoms with Crippen molar-refractivity contribution in [3.05, 3.63) is 188 Å². The molecule has 0 fully saturated rings. The van der Waals surface area contributed by atoms with E-state index in [1.54, 1.807) is 0 Å². The van der Waals surface area contributed by atoms with Gasteiger partial charge in [0, 0.05) is 38.4 Å². The molecule has 0 amide bonds. The van der Waals surface area contributed by atoms with E-state index < -0.39 is 0 Å². The van der Waals surface area contributed by atoms with Gasteiger partial charge in [0.15, 0.2) is 17.5 Å². The van der Waals surface area contributed by atoms with Crippen molar-refractivity contribution in [3.8, 4) is 56.9 Å². The molecule has 0 spiro atoms. The molecule has 0 aliphatic heterocycles. The molecule has 0 N–H and O–H groups in total. The van der Waals surface area contributed by atoms with Crippen LogP contribution in [0.3, 0.4) is 0 Å². The third-order valence-electron chi connectivity index (χ3n) is 10.5. The first kappa shape index (κ1) is 31.7. The largest absolute Gasteiger partial charge is 0.309 e. The van der Waals surface area contributed by atoms with E-state index in [0.29, 0.717) is 23.3 Å². The molecule has 4 aromatic heterocycles. The lowest BCUT2D eigenvalue weighted by atomic mass is 10.0. The van der Waals surface area contributed by atoms with E-state index in [-0.39, 0.29) is 0 Å². The van der Waals surface area contributed by atoms with Gasteiger partial charge in [0.25, 0.3) is 0 Å². The Morgan fingerprint density at radius 1 is 0.286 bits per heavy atom. The zero-order valence-corrected chi connectivity index (χ0v) is 30.0. The maximum Gasteiger partial charge on any atom is 0.201 e. The summed E-state index contributed by atoms with van der Waals surface area (Å²) in [6, 6.07) is 61.1. The second kappa shape index (κ2) is 13.0. The Labute approximate surface area is 321 Å². The van der Waals surface area contributed by atoms with Gasteiger partial charge in [-0.2, -0.15) is 0 Å². The first-order chi connectivity index (χ1) is 27.8. The molecule has 0 saturated carbocycles. The number of para-hydroxylation sites is 3. The van der Waals surface area contributed by atoms with Crippen molar-refractivity contribution >= 4 is 43.6 Å². The number of hydrogen-bond acceptors (Lipinski definition) is 5. The smallest absolute Gasteiger partial charge is 0.201 e. The van der Waals surface area contributed by atoms with Crippen molar-refractivity contribution in [3.63, 3.8) is 0 Å². The zero-order valence-electron chi connectivity index (χ0n) is 30.0. The van der Waals surface area contributed by atoms with Gasteiger partial charge in [-0.15, -0.1) is 0 Å². The van der Waals surface area contributed by atoms with Crippen LogP contribution in [0.4, 0.5) is 0 Å². The van der Waals surface area contributed by atoms with E-state index >= 15 is 0 Å². The zero-order chi connectivity index (χ0) is 37.0. The highest BCUT2D eigenvalue weighted by molar-refractivity contribution is 6.12. The van der Waals surface area contributed by atoms with Crippen LogP contribution in [0.2, 0.25) is 0 Å². The highest BCUT2D eigenvalue weighted by Gasteiger charge is 2.18. The highest BCUT2D eigenvalue weighted by atomic mass is 15.1. The van der Waals surface area contributed by atoms with Gasteiger partial charge in [-0.1, -0.05) is 133 Å². The second-order valence-corrected chi connectivity index (χ2v) is 13.8. The molecule has 0 atom stereocenters. The fourth-order valence-corrected chi connectivity index (χ4v) is 7.90. The summed E-state index contributed by atoms with van der Waals surface area (Å²) < 4.78 is 4.59. The molecule has 0 saturated heterocycles. The Hall–Kier alpha value is -7.77. The first-order valence-corrected chi connectivity index (χ1v) is 18.6. The van der Waals surface area contributed by atoms with E-state index in [1.165, 1.54) is 21.8 Å². The van der Waals surface area contributed by atoms with Crippen molar-refractivity contribution in [2.24, 2.45) is 0 Å². The fourth-order valence-electron chi connectivity index (χ4n) is 7.90. The number of hydrogen-bond donors (Lipinski definition) is 0. The predicted molar refractivity (Wildman–Crippen MR) is 226 cm³/mol. The summed E-state index contributed by atoms with van der Waals surface area (Å²) in [5.41, 5.74) is 10.6. The minimum atomic E-state index is 0.416. The van der Waals surface area contributed by atoms with Crippen LogP contribution in [0.1, 0.15) is 0 Å². The maximum absolute atomic E-state index is 4.85. The summed E-state index contributed by atoms with van der Waals surface area (Å²) in [6.45, 7) is 0. The third kappa shape index (κ3) is 5.25. The number of benzene rings is 7. The van der Waals surface area contributed by atoms with Crippen LogP contribution in [0, 0.1) is 0 Å². The molecule has 11 rings (SSSR count). The summed E-state index contributed by atoms with van der Waals surface area (Å²) in [6.07, 6.45) is 3.71. The molecule has 262 valence electrons. The lowest BCUT2D eigenvalue weighted by molar-refractivity contribution is 1.01. The van der Waals surface area contributed by atoms with Gasteiger partial charge in [0.05, 0.1) is 40.1 Å². The van der Waals surface area contributed by atoms with Gasteiger partial charge in [-0.3, -0.25) is 0 Å². The van der Waals surface area contributed by atoms with E-state index in [4.69, 9.17) is 24.9 Å². The normalized spacial score (nSPS) is 11.6. The lowest BCUT2D eigenvalue weighted by Crippen LogP contribution is -2.03. The molecule has 0 unspecified atom stereocenters. The number of nitrogens with zero attached hydrogens (tertiary/aromatic N) is 7. The highest BCUT2D eigenvalue weighted by Crippen LogP contribution is 2.38. The molecular formula is C49H31N7. The van der Waals surface area contributed by atoms with Crippen molar-refractivity contribution in [2.45, 2.75) is 0 Å². The first-order valence-electron chi connectivity index (χ1n) is 18.6. The van der Waals surface area contributed by atoms with Crippen molar-refractivity contribution < 1.29 is 0 Å². The monoisotopic (exact) mass is 717 g/mol. The van der Waals surface area contributed by atoms with Gasteiger partial charge in [-0.05, 0) is 53.6 Å². The maximum atomic E-state index is 4.85. The van der Waals surface area contributed by atoms with Gasteiger partial charge in [0.1, 0.15) is 0 Å². The quantitative estimate of drug-likeness (QED) is 0.171. The molecule has 0 bridgehead atoms. The number of rotatable bonds is 6. The topological polar surface area (TPSA) is 74.3 Å². The molecule has 7 heteroatoms. The van der Waals surface area contributed by atoms with Crippen LogP contribution in [-0.4, -0.2) is 34.1 Å². The van der Waals surface area contributed by atoms with Crippen LogP contribution in [0.15, 0.2) is 188 Å². The van der Waals surface area contributed by atoms with Crippen LogP contribution in [0.5, 0.6) is 0 Å². The number of fused-ring (bicyclic) bond motifs is 6. The van der Waals surface area contributed by atoms with Gasteiger partial charge >= 0.3 is 0 Å². The van der Waals surface area contributed by atoms with E-state index in [2.05, 4.69) is 124 Å². The average molecular weight is 718 g/mol. The molecule has 11 aromatic rings. The van der Waals surface area contributed by atoms with Crippen LogP contribution in [-0.2, 0) is 0 Å². The van der Waals surface area contributed by atoms with Crippen molar-refractivity contribution in [1.82, 2.24) is 34.1 Å². The van der Waals surface area contributed by atoms with E-state index in [0.717, 1.165) is 55.4 Å². The lowest BCUT2D eigenvalue weighted by Gasteiger charge is -2.10. The minimum Gasteiger partial charge on any atom is -0.309 e. The molecule has 56 heavy (non-hydrogen) atoms. The van der Waals surface area contributed by atoms with Gasteiger partial charge in [0.2, 0.25) is 5.82 Å². The third-order valence-corrected chi connectivity index (χ3v) is 10.5. The molecule has 7 aromatic carbocycles. The van der Waals surface area contributed by atoms with E-state index in [1.807, 2.05) is 73.1 Å². The minimum absolute atomic E-state index is 0.416. The Balaban J connectivity index is 1.02. The van der Waals surface area contributed by atoms with E-state index in [9.17, 15) is 0 Å². The van der Waals surface area contributed by atoms with Gasteiger partial charge in [-0.25, -0.2) is 24.9 Å². The Kier molecular flexibility index (Phi) is 7.35. The predicted octanol–water partition coefficient (Wildman–Crippen LogP) is 11.5. The van der Waals surface area contributed by atoms with Crippen LogP contribution < -0.4 is 0 Å². The van der Waals surface area contributed by atoms with Crippen molar-refractivity contribution in [2.75, 3.05) is 0 Å². The molecule has 0 radical (unpaired) electrons. The summed E-state index contributed by atoms with van der Waals surface area (Å²) in [5.74, 6) is 1.98. The average Bonchev–Trinajstić information content (AvgIpc) is 3.79. The summed E-state index contributed by atoms with van der Waals surface area (Å²) in [7, 11) is 0. The van der Waals surface area contributed by atoms with Crippen LogP contribution >= 0.6 is 0 Å². The molecule has 4 heterocycles. The summed E-state index contributed by atoms with van der Waals surface area (Å²) >= 11 is 0. The Bertz CT molecular complexity index is 3170. The summed E-state index contributed by atoms with van der Waals surface area (Å²) in [5, 5.41) is 4.79. The van der Waals surface area contributed by atoms with Crippen LogP contribution in [0.25, 0.3) is 101 Å². The molecular weight excluding hydrogens is 687 g/mol. The molecule has 7 nitrogen and oxygen atoms in total. The number of aromatic nitrogens is 7. The molecule has 0 aliphatic rings. The Morgan fingerprint density at radius 2 is 0.750 bits per heavy atom. The van der Waals surface area contributed by atoms with Crippen molar-refractivity contribution in [1.29, 1.82) is 0 Å². The standard InChI is InChI=1S/C49H31N7/c1-4-14-32(15-5-1)46-52-47(33-16-6-2-7-17-33)54-49(53-46)48-50-30-37(31-51-48)56-43-23-13-11-21-39(43)41-28-34(25-27-44(41)56)35-24-26-40-38-20-10-12-22-42(38)55(45(40)29-35)36-18-8-3-9-19-36/h1-31H. The SMILES string of the molecule is c1ccc(-c2nc(-c3ccccc3)nc(-c3ncc(-n4c5ccccc5c5cc(-c6ccc7c8ccccc8n(-c8ccccc8)c7c6)ccc54)cn3)n2)cc1. The molecule has 0 aliphatic carbocycles. The van der Waals surface area contributed by atoms with Gasteiger partial charge < -0.3 is 9.13 Å².